The highest BCUT2D eigenvalue weighted by Crippen LogP contribution is 2.50. The number of allylic oxidation sites excluding steroid dienone is 1. The van der Waals surface area contributed by atoms with Gasteiger partial charge in [0.2, 0.25) is 6.79 Å². The summed E-state index contributed by atoms with van der Waals surface area (Å²) < 4.78 is 12.7. The van der Waals surface area contributed by atoms with Gasteiger partial charge in [-0.25, -0.2) is 9.67 Å². The molecule has 2 aromatic rings. The fourth-order valence-electron chi connectivity index (χ4n) is 4.03. The molecule has 2 atom stereocenters. The van der Waals surface area contributed by atoms with Gasteiger partial charge in [-0.15, -0.1) is 11.8 Å². The van der Waals surface area contributed by atoms with Crippen LogP contribution in [0.3, 0.4) is 0 Å². The lowest BCUT2D eigenvalue weighted by Crippen LogP contribution is -2.12. The van der Waals surface area contributed by atoms with E-state index in [0.29, 0.717) is 11.2 Å². The standard InChI is InChI=1S/C19H18N4O2S/c20-9-14-13-4-2-1-3-5-17(13)26-19(14)23-18(21-10-22-23)12-6-7-15-16(8-12)25-11-24-15/h6-8,10,13,17H,1-5,11H2/t13-,17+/m1/s1. The zero-order valence-electron chi connectivity index (χ0n) is 14.2. The van der Waals surface area contributed by atoms with Crippen LogP contribution in [0.1, 0.15) is 32.1 Å². The lowest BCUT2D eigenvalue weighted by Gasteiger charge is -2.14. The number of hydrogen-bond donors (Lipinski definition) is 0. The summed E-state index contributed by atoms with van der Waals surface area (Å²) in [6, 6.07) is 8.25. The van der Waals surface area contributed by atoms with Crippen molar-refractivity contribution in [1.29, 1.82) is 5.26 Å². The summed E-state index contributed by atoms with van der Waals surface area (Å²) >= 11 is 1.79. The summed E-state index contributed by atoms with van der Waals surface area (Å²) in [4.78, 5) is 4.46. The van der Waals surface area contributed by atoms with Gasteiger partial charge in [-0.1, -0.05) is 19.3 Å². The monoisotopic (exact) mass is 366 g/mol. The summed E-state index contributed by atoms with van der Waals surface area (Å²) in [7, 11) is 0. The Morgan fingerprint density at radius 1 is 1.15 bits per heavy atom. The number of thioether (sulfide) groups is 1. The average molecular weight is 366 g/mol. The van der Waals surface area contributed by atoms with Crippen molar-refractivity contribution >= 4 is 16.8 Å². The van der Waals surface area contributed by atoms with E-state index in [9.17, 15) is 5.26 Å². The SMILES string of the molecule is N#CC1=C(n2ncnc2-c2ccc3c(c2)OCO3)S[C@H]2CCCCC[C@H]12. The molecule has 0 bridgehead atoms. The lowest BCUT2D eigenvalue weighted by atomic mass is 9.93. The van der Waals surface area contributed by atoms with Gasteiger partial charge < -0.3 is 9.47 Å². The zero-order chi connectivity index (χ0) is 17.5. The minimum atomic E-state index is 0.244. The Bertz CT molecular complexity index is 930. The smallest absolute Gasteiger partial charge is 0.231 e. The van der Waals surface area contributed by atoms with Crippen molar-refractivity contribution in [3.05, 3.63) is 30.1 Å². The Morgan fingerprint density at radius 3 is 2.96 bits per heavy atom. The average Bonchev–Trinajstić information content (AvgIpc) is 3.35. The van der Waals surface area contributed by atoms with Crippen molar-refractivity contribution in [2.24, 2.45) is 5.92 Å². The normalized spacial score (nSPS) is 24.3. The van der Waals surface area contributed by atoms with Crippen LogP contribution in [0.5, 0.6) is 11.5 Å². The van der Waals surface area contributed by atoms with E-state index >= 15 is 0 Å². The van der Waals surface area contributed by atoms with Gasteiger partial charge in [-0.2, -0.15) is 10.4 Å². The van der Waals surface area contributed by atoms with Crippen LogP contribution in [0.25, 0.3) is 16.4 Å². The Hall–Kier alpha value is -2.46. The number of nitrogens with zero attached hydrogens (tertiary/aromatic N) is 4. The summed E-state index contributed by atoms with van der Waals surface area (Å²) in [6.45, 7) is 0.244. The van der Waals surface area contributed by atoms with Crippen LogP contribution in [0.4, 0.5) is 0 Å². The van der Waals surface area contributed by atoms with Crippen molar-refractivity contribution in [3.8, 4) is 29.0 Å². The van der Waals surface area contributed by atoms with Crippen LogP contribution in [0.2, 0.25) is 0 Å². The Labute approximate surface area is 155 Å². The number of ether oxygens (including phenoxy) is 2. The first-order valence-electron chi connectivity index (χ1n) is 8.96. The van der Waals surface area contributed by atoms with Crippen molar-refractivity contribution in [2.45, 2.75) is 37.4 Å². The van der Waals surface area contributed by atoms with Gasteiger partial charge in [-0.3, -0.25) is 0 Å². The molecule has 0 radical (unpaired) electrons. The van der Waals surface area contributed by atoms with Crippen LogP contribution in [-0.2, 0) is 0 Å². The lowest BCUT2D eigenvalue weighted by molar-refractivity contribution is 0.174. The molecule has 3 aliphatic rings. The molecule has 0 N–H and O–H groups in total. The van der Waals surface area contributed by atoms with Gasteiger partial charge in [0, 0.05) is 16.7 Å². The van der Waals surface area contributed by atoms with E-state index in [-0.39, 0.29) is 6.79 Å². The first-order valence-corrected chi connectivity index (χ1v) is 9.84. The molecular formula is C19H18N4O2S. The predicted molar refractivity (Wildman–Crippen MR) is 98.4 cm³/mol. The summed E-state index contributed by atoms with van der Waals surface area (Å²) in [5.74, 6) is 2.54. The maximum absolute atomic E-state index is 9.84. The van der Waals surface area contributed by atoms with E-state index in [1.54, 1.807) is 18.1 Å². The van der Waals surface area contributed by atoms with E-state index in [4.69, 9.17) is 9.47 Å². The number of benzene rings is 1. The van der Waals surface area contributed by atoms with Gasteiger partial charge >= 0.3 is 0 Å². The van der Waals surface area contributed by atoms with Crippen LogP contribution in [-0.4, -0.2) is 26.8 Å². The Balaban J connectivity index is 1.56. The fourth-order valence-corrected chi connectivity index (χ4v) is 5.59. The van der Waals surface area contributed by atoms with Crippen molar-refractivity contribution in [1.82, 2.24) is 14.8 Å². The van der Waals surface area contributed by atoms with Crippen molar-refractivity contribution < 1.29 is 9.47 Å². The second kappa shape index (κ2) is 6.36. The summed E-state index contributed by atoms with van der Waals surface area (Å²) in [5, 5.41) is 15.7. The maximum atomic E-state index is 9.84. The first-order chi connectivity index (χ1) is 12.8. The number of rotatable bonds is 2. The molecule has 1 saturated carbocycles. The predicted octanol–water partition coefficient (Wildman–Crippen LogP) is 4.06. The Morgan fingerprint density at radius 2 is 2.04 bits per heavy atom. The van der Waals surface area contributed by atoms with E-state index in [0.717, 1.165) is 46.3 Å². The second-order valence-electron chi connectivity index (χ2n) is 6.79. The molecule has 1 fully saturated rings. The fraction of sp³-hybridized carbons (Fsp3) is 0.421. The summed E-state index contributed by atoms with van der Waals surface area (Å²) in [6.07, 6.45) is 7.53. The molecular weight excluding hydrogens is 348 g/mol. The molecule has 0 unspecified atom stereocenters. The van der Waals surface area contributed by atoms with Gasteiger partial charge in [0.05, 0.1) is 11.6 Å². The highest BCUT2D eigenvalue weighted by molar-refractivity contribution is 8.08. The Kier molecular flexibility index (Phi) is 3.86. The molecule has 1 aliphatic carbocycles. The zero-order valence-corrected chi connectivity index (χ0v) is 15.0. The molecule has 26 heavy (non-hydrogen) atoms. The minimum absolute atomic E-state index is 0.244. The highest BCUT2D eigenvalue weighted by Gasteiger charge is 2.38. The van der Waals surface area contributed by atoms with Crippen LogP contribution in [0.15, 0.2) is 30.1 Å². The second-order valence-corrected chi connectivity index (χ2v) is 8.02. The van der Waals surface area contributed by atoms with Gasteiger partial charge in [0.25, 0.3) is 0 Å². The van der Waals surface area contributed by atoms with E-state index in [1.807, 2.05) is 22.9 Å². The van der Waals surface area contributed by atoms with Gasteiger partial charge in [0.15, 0.2) is 17.3 Å². The third kappa shape index (κ3) is 2.48. The highest BCUT2D eigenvalue weighted by atomic mass is 32.2. The van der Waals surface area contributed by atoms with E-state index < -0.39 is 0 Å². The number of nitriles is 1. The maximum Gasteiger partial charge on any atom is 0.231 e. The van der Waals surface area contributed by atoms with Crippen LogP contribution < -0.4 is 9.47 Å². The van der Waals surface area contributed by atoms with E-state index in [2.05, 4.69) is 16.2 Å². The molecule has 0 amide bonds. The van der Waals surface area contributed by atoms with Crippen molar-refractivity contribution in [2.75, 3.05) is 6.79 Å². The number of aromatic nitrogens is 3. The molecule has 7 heteroatoms. The number of hydrogen-bond acceptors (Lipinski definition) is 6. The third-order valence-electron chi connectivity index (χ3n) is 5.31. The molecule has 6 nitrogen and oxygen atoms in total. The molecule has 1 aromatic carbocycles. The van der Waals surface area contributed by atoms with Crippen molar-refractivity contribution in [3.63, 3.8) is 0 Å². The van der Waals surface area contributed by atoms with E-state index in [1.165, 1.54) is 19.3 Å². The van der Waals surface area contributed by atoms with Crippen LogP contribution in [0, 0.1) is 17.2 Å². The third-order valence-corrected chi connectivity index (χ3v) is 6.79. The quantitative estimate of drug-likeness (QED) is 0.798. The molecule has 0 saturated heterocycles. The molecule has 5 rings (SSSR count). The minimum Gasteiger partial charge on any atom is -0.454 e. The topological polar surface area (TPSA) is 73.0 Å². The molecule has 0 spiro atoms. The molecule has 1 aromatic heterocycles. The molecule has 2 aliphatic heterocycles. The summed E-state index contributed by atoms with van der Waals surface area (Å²) in [5.41, 5.74) is 1.78. The molecule has 132 valence electrons. The van der Waals surface area contributed by atoms with Crippen LogP contribution >= 0.6 is 11.8 Å². The number of fused-ring (bicyclic) bond motifs is 2. The largest absolute Gasteiger partial charge is 0.454 e. The molecule has 3 heterocycles. The van der Waals surface area contributed by atoms with Gasteiger partial charge in [0.1, 0.15) is 11.4 Å². The first kappa shape index (κ1) is 15.8. The van der Waals surface area contributed by atoms with Gasteiger partial charge in [-0.05, 0) is 31.0 Å².